The van der Waals surface area contributed by atoms with Gasteiger partial charge in [0.05, 0.1) is 19.9 Å². The fourth-order valence-electron chi connectivity index (χ4n) is 1.69. The van der Waals surface area contributed by atoms with Crippen molar-refractivity contribution in [3.05, 3.63) is 40.2 Å². The van der Waals surface area contributed by atoms with Gasteiger partial charge in [0.25, 0.3) is 0 Å². The molecule has 1 aromatic carbocycles. The Morgan fingerprint density at radius 2 is 1.86 bits per heavy atom. The van der Waals surface area contributed by atoms with Gasteiger partial charge in [0.2, 0.25) is 5.69 Å². The summed E-state index contributed by atoms with van der Waals surface area (Å²) in [5, 5.41) is 7.98. The SMILES string of the molecule is COC(=O)c1nnn(-c2ccc(C)c(Cl)c2)c1C(=O)OC. The van der Waals surface area contributed by atoms with E-state index in [-0.39, 0.29) is 11.4 Å². The number of aromatic nitrogens is 3. The molecule has 2 aromatic rings. The van der Waals surface area contributed by atoms with E-state index in [9.17, 15) is 9.59 Å². The van der Waals surface area contributed by atoms with Crippen LogP contribution < -0.4 is 0 Å². The zero-order chi connectivity index (χ0) is 15.6. The highest BCUT2D eigenvalue weighted by molar-refractivity contribution is 6.31. The Hall–Kier alpha value is -2.41. The molecule has 7 nitrogen and oxygen atoms in total. The first-order valence-electron chi connectivity index (χ1n) is 5.88. The van der Waals surface area contributed by atoms with Gasteiger partial charge in [-0.1, -0.05) is 22.9 Å². The summed E-state index contributed by atoms with van der Waals surface area (Å²) >= 11 is 6.06. The van der Waals surface area contributed by atoms with Crippen LogP contribution in [0.4, 0.5) is 0 Å². The minimum Gasteiger partial charge on any atom is -0.464 e. The van der Waals surface area contributed by atoms with Crippen LogP contribution in [0.25, 0.3) is 5.69 Å². The third-order valence-corrected chi connectivity index (χ3v) is 3.23. The van der Waals surface area contributed by atoms with E-state index in [2.05, 4.69) is 19.8 Å². The number of ether oxygens (including phenoxy) is 2. The minimum atomic E-state index is -0.778. The summed E-state index contributed by atoms with van der Waals surface area (Å²) in [6, 6.07) is 5.07. The van der Waals surface area contributed by atoms with E-state index in [1.54, 1.807) is 18.2 Å². The molecule has 110 valence electrons. The van der Waals surface area contributed by atoms with Gasteiger partial charge >= 0.3 is 11.9 Å². The Balaban J connectivity index is 2.63. The first-order chi connectivity index (χ1) is 9.99. The fraction of sp³-hybridized carbons (Fsp3) is 0.231. The summed E-state index contributed by atoms with van der Waals surface area (Å²) in [7, 11) is 2.38. The van der Waals surface area contributed by atoms with Gasteiger partial charge in [-0.25, -0.2) is 14.3 Å². The second kappa shape index (κ2) is 5.92. The van der Waals surface area contributed by atoms with Crippen molar-refractivity contribution in [2.24, 2.45) is 0 Å². The first-order valence-corrected chi connectivity index (χ1v) is 6.26. The van der Waals surface area contributed by atoms with Crippen LogP contribution in [0.5, 0.6) is 0 Å². The van der Waals surface area contributed by atoms with Gasteiger partial charge in [-0.15, -0.1) is 5.10 Å². The second-order valence-corrected chi connectivity index (χ2v) is 4.52. The highest BCUT2D eigenvalue weighted by atomic mass is 35.5. The van der Waals surface area contributed by atoms with E-state index in [4.69, 9.17) is 11.6 Å². The monoisotopic (exact) mass is 309 g/mol. The van der Waals surface area contributed by atoms with Crippen molar-refractivity contribution in [3.8, 4) is 5.69 Å². The average Bonchev–Trinajstić information content (AvgIpc) is 2.93. The van der Waals surface area contributed by atoms with Crippen molar-refractivity contribution in [3.63, 3.8) is 0 Å². The number of carbonyl (C=O) groups is 2. The molecule has 0 atom stereocenters. The van der Waals surface area contributed by atoms with Gasteiger partial charge < -0.3 is 9.47 Å². The fourth-order valence-corrected chi connectivity index (χ4v) is 1.86. The molecular formula is C13H12ClN3O4. The molecule has 0 unspecified atom stereocenters. The zero-order valence-electron chi connectivity index (χ0n) is 11.6. The molecule has 0 spiro atoms. The van der Waals surface area contributed by atoms with E-state index in [1.807, 2.05) is 6.92 Å². The van der Waals surface area contributed by atoms with E-state index in [0.717, 1.165) is 5.56 Å². The Bertz CT molecular complexity index is 711. The van der Waals surface area contributed by atoms with E-state index >= 15 is 0 Å². The summed E-state index contributed by atoms with van der Waals surface area (Å²) in [5.41, 5.74) is 1.01. The van der Waals surface area contributed by atoms with Crippen LogP contribution in [-0.2, 0) is 9.47 Å². The molecule has 0 fully saturated rings. The normalized spacial score (nSPS) is 10.3. The van der Waals surface area contributed by atoms with Gasteiger partial charge in [0.1, 0.15) is 0 Å². The van der Waals surface area contributed by atoms with E-state index in [0.29, 0.717) is 10.7 Å². The summed E-state index contributed by atoms with van der Waals surface area (Å²) < 4.78 is 10.4. The van der Waals surface area contributed by atoms with Crippen LogP contribution in [0.15, 0.2) is 18.2 Å². The lowest BCUT2D eigenvalue weighted by Crippen LogP contribution is -2.15. The van der Waals surface area contributed by atoms with Gasteiger partial charge in [-0.3, -0.25) is 0 Å². The quantitative estimate of drug-likeness (QED) is 0.804. The number of nitrogens with zero attached hydrogens (tertiary/aromatic N) is 3. The van der Waals surface area contributed by atoms with Gasteiger partial charge in [-0.2, -0.15) is 0 Å². The predicted molar refractivity (Wildman–Crippen MR) is 73.8 cm³/mol. The standard InChI is InChI=1S/C13H12ClN3O4/c1-7-4-5-8(6-9(7)14)17-11(13(19)21-3)10(15-16-17)12(18)20-2/h4-6H,1-3H3. The zero-order valence-corrected chi connectivity index (χ0v) is 12.3. The Morgan fingerprint density at radius 3 is 2.43 bits per heavy atom. The number of halogens is 1. The van der Waals surface area contributed by atoms with Crippen molar-refractivity contribution in [2.45, 2.75) is 6.92 Å². The number of esters is 2. The molecule has 8 heteroatoms. The molecule has 0 amide bonds. The van der Waals surface area contributed by atoms with Crippen molar-refractivity contribution >= 4 is 23.5 Å². The average molecular weight is 310 g/mol. The van der Waals surface area contributed by atoms with Crippen LogP contribution in [-0.4, -0.2) is 41.2 Å². The lowest BCUT2D eigenvalue weighted by atomic mass is 10.2. The molecule has 0 bridgehead atoms. The molecule has 0 saturated heterocycles. The van der Waals surface area contributed by atoms with Crippen molar-refractivity contribution in [1.29, 1.82) is 0 Å². The smallest absolute Gasteiger partial charge is 0.361 e. The maximum Gasteiger partial charge on any atom is 0.361 e. The second-order valence-electron chi connectivity index (χ2n) is 4.12. The van der Waals surface area contributed by atoms with E-state index < -0.39 is 11.9 Å². The first kappa shape index (κ1) is 15.0. The molecule has 1 heterocycles. The van der Waals surface area contributed by atoms with Crippen molar-refractivity contribution < 1.29 is 19.1 Å². The summed E-state index contributed by atoms with van der Waals surface area (Å²) in [4.78, 5) is 23.5. The minimum absolute atomic E-state index is 0.121. The Morgan fingerprint density at radius 1 is 1.19 bits per heavy atom. The van der Waals surface area contributed by atoms with Crippen LogP contribution in [0.2, 0.25) is 5.02 Å². The highest BCUT2D eigenvalue weighted by Gasteiger charge is 2.27. The molecule has 0 aliphatic rings. The molecule has 0 radical (unpaired) electrons. The van der Waals surface area contributed by atoms with Crippen LogP contribution >= 0.6 is 11.6 Å². The van der Waals surface area contributed by atoms with Crippen molar-refractivity contribution in [1.82, 2.24) is 15.0 Å². The number of hydrogen-bond donors (Lipinski definition) is 0. The molecule has 0 aliphatic carbocycles. The number of hydrogen-bond acceptors (Lipinski definition) is 6. The van der Waals surface area contributed by atoms with Crippen LogP contribution in [0, 0.1) is 6.92 Å². The highest BCUT2D eigenvalue weighted by Crippen LogP contribution is 2.21. The molecular weight excluding hydrogens is 298 g/mol. The molecule has 0 saturated carbocycles. The molecule has 0 aliphatic heterocycles. The molecule has 2 rings (SSSR count). The summed E-state index contributed by atoms with van der Waals surface area (Å²) in [6.45, 7) is 1.84. The summed E-state index contributed by atoms with van der Waals surface area (Å²) in [5.74, 6) is -1.53. The maximum absolute atomic E-state index is 11.9. The number of carbonyl (C=O) groups excluding carboxylic acids is 2. The topological polar surface area (TPSA) is 83.3 Å². The number of aryl methyl sites for hydroxylation is 1. The largest absolute Gasteiger partial charge is 0.464 e. The van der Waals surface area contributed by atoms with Crippen LogP contribution in [0.3, 0.4) is 0 Å². The lowest BCUT2D eigenvalue weighted by Gasteiger charge is -2.07. The molecule has 1 aromatic heterocycles. The number of methoxy groups -OCH3 is 2. The Labute approximate surface area is 125 Å². The maximum atomic E-state index is 11.9. The predicted octanol–water partition coefficient (Wildman–Crippen LogP) is 1.80. The van der Waals surface area contributed by atoms with Gasteiger partial charge in [0.15, 0.2) is 5.69 Å². The Kier molecular flexibility index (Phi) is 4.23. The van der Waals surface area contributed by atoms with Gasteiger partial charge in [-0.05, 0) is 24.6 Å². The molecule has 0 N–H and O–H groups in total. The number of benzene rings is 1. The van der Waals surface area contributed by atoms with Gasteiger partial charge in [0, 0.05) is 5.02 Å². The van der Waals surface area contributed by atoms with Crippen molar-refractivity contribution in [2.75, 3.05) is 14.2 Å². The number of rotatable bonds is 3. The summed E-state index contributed by atoms with van der Waals surface area (Å²) in [6.07, 6.45) is 0. The van der Waals surface area contributed by atoms with Crippen LogP contribution in [0.1, 0.15) is 26.5 Å². The third kappa shape index (κ3) is 2.73. The molecule has 21 heavy (non-hydrogen) atoms. The lowest BCUT2D eigenvalue weighted by molar-refractivity contribution is 0.0546. The third-order valence-electron chi connectivity index (χ3n) is 2.83. The van der Waals surface area contributed by atoms with E-state index in [1.165, 1.54) is 18.9 Å².